The maximum absolute atomic E-state index is 9.92. The zero-order valence-corrected chi connectivity index (χ0v) is 15.0. The average Bonchev–Trinajstić information content (AvgIpc) is 2.56. The second-order valence-corrected chi connectivity index (χ2v) is 6.51. The van der Waals surface area contributed by atoms with Gasteiger partial charge in [0.15, 0.2) is 0 Å². The van der Waals surface area contributed by atoms with Crippen molar-refractivity contribution in [3.8, 4) is 5.75 Å². The summed E-state index contributed by atoms with van der Waals surface area (Å²) < 4.78 is 11.2. The molecule has 1 aliphatic carbocycles. The maximum Gasteiger partial charge on any atom is 0.125 e. The van der Waals surface area contributed by atoms with Crippen LogP contribution >= 0.6 is 0 Å². The Morgan fingerprint density at radius 2 is 1.92 bits per heavy atom. The number of aromatic hydroxyl groups is 1. The molecule has 0 radical (unpaired) electrons. The molecular formula is C20H25NO3. The number of methoxy groups -OCH3 is 2. The van der Waals surface area contributed by atoms with E-state index in [2.05, 4.69) is 31.9 Å². The molecule has 4 heteroatoms. The van der Waals surface area contributed by atoms with Gasteiger partial charge in [-0.3, -0.25) is 0 Å². The van der Waals surface area contributed by atoms with Crippen molar-refractivity contribution in [3.05, 3.63) is 58.4 Å². The zero-order valence-electron chi connectivity index (χ0n) is 15.0. The number of benzene rings is 1. The molecule has 24 heavy (non-hydrogen) atoms. The van der Waals surface area contributed by atoms with Gasteiger partial charge in [0.25, 0.3) is 0 Å². The van der Waals surface area contributed by atoms with Gasteiger partial charge in [-0.25, -0.2) is 0 Å². The Bertz CT molecular complexity index is 745. The van der Waals surface area contributed by atoms with Crippen LogP contribution in [-0.4, -0.2) is 43.9 Å². The molecule has 1 aliphatic heterocycles. The number of phenolic OH excluding ortho intramolecular Hbond substituents is 1. The van der Waals surface area contributed by atoms with Crippen LogP contribution in [0.5, 0.6) is 5.75 Å². The molecule has 2 atom stereocenters. The van der Waals surface area contributed by atoms with Gasteiger partial charge in [-0.1, -0.05) is 12.1 Å². The maximum atomic E-state index is 9.92. The number of aryl methyl sites for hydroxylation is 1. The molecule has 1 aromatic rings. The van der Waals surface area contributed by atoms with Crippen molar-refractivity contribution in [2.75, 3.05) is 27.8 Å². The lowest BCUT2D eigenvalue weighted by Crippen LogP contribution is -2.41. The molecule has 1 N–H and O–H groups in total. The summed E-state index contributed by atoms with van der Waals surface area (Å²) in [7, 11) is 5.51. The largest absolute Gasteiger partial charge is 0.508 e. The minimum atomic E-state index is -0.0702. The van der Waals surface area contributed by atoms with E-state index in [1.165, 1.54) is 11.1 Å². The zero-order chi connectivity index (χ0) is 17.4. The predicted molar refractivity (Wildman–Crippen MR) is 95.5 cm³/mol. The SMILES string of the molecule is COC1=CC=C2C(C)=C(c3cc(O)ccc3C)N(C)CC2C1OC. The van der Waals surface area contributed by atoms with E-state index < -0.39 is 0 Å². The molecule has 0 fully saturated rings. The van der Waals surface area contributed by atoms with Crippen molar-refractivity contribution >= 4 is 5.70 Å². The Morgan fingerprint density at radius 3 is 2.58 bits per heavy atom. The number of phenols is 1. The summed E-state index contributed by atoms with van der Waals surface area (Å²) in [5.41, 5.74) is 5.88. The first kappa shape index (κ1) is 16.7. The Balaban J connectivity index is 2.14. The van der Waals surface area contributed by atoms with Crippen LogP contribution in [0.25, 0.3) is 5.70 Å². The average molecular weight is 327 g/mol. The fourth-order valence-electron chi connectivity index (χ4n) is 3.90. The Hall–Kier alpha value is -2.20. The van der Waals surface area contributed by atoms with Gasteiger partial charge in [-0.15, -0.1) is 0 Å². The van der Waals surface area contributed by atoms with E-state index in [1.54, 1.807) is 20.3 Å². The van der Waals surface area contributed by atoms with E-state index in [9.17, 15) is 5.11 Å². The molecule has 2 aliphatic rings. The first-order valence-corrected chi connectivity index (χ1v) is 8.18. The fourth-order valence-corrected chi connectivity index (χ4v) is 3.90. The third-order valence-corrected chi connectivity index (χ3v) is 5.08. The second-order valence-electron chi connectivity index (χ2n) is 6.51. The van der Waals surface area contributed by atoms with Gasteiger partial charge in [0, 0.05) is 37.9 Å². The number of hydrogen-bond acceptors (Lipinski definition) is 4. The summed E-state index contributed by atoms with van der Waals surface area (Å²) in [6, 6.07) is 5.54. The van der Waals surface area contributed by atoms with Gasteiger partial charge in [-0.05, 0) is 48.8 Å². The van der Waals surface area contributed by atoms with E-state index in [4.69, 9.17) is 9.47 Å². The molecule has 0 amide bonds. The molecule has 0 saturated carbocycles. The number of rotatable bonds is 3. The van der Waals surface area contributed by atoms with Crippen molar-refractivity contribution in [1.29, 1.82) is 0 Å². The molecule has 0 spiro atoms. The smallest absolute Gasteiger partial charge is 0.125 e. The van der Waals surface area contributed by atoms with Crippen LogP contribution in [0.2, 0.25) is 0 Å². The van der Waals surface area contributed by atoms with Crippen LogP contribution in [-0.2, 0) is 9.47 Å². The molecule has 4 nitrogen and oxygen atoms in total. The van der Waals surface area contributed by atoms with E-state index in [0.717, 1.165) is 29.1 Å². The Morgan fingerprint density at radius 1 is 1.17 bits per heavy atom. The highest BCUT2D eigenvalue weighted by Gasteiger charge is 2.37. The summed E-state index contributed by atoms with van der Waals surface area (Å²) in [4.78, 5) is 2.25. The summed E-state index contributed by atoms with van der Waals surface area (Å²) in [6.07, 6.45) is 4.07. The van der Waals surface area contributed by atoms with Crippen molar-refractivity contribution < 1.29 is 14.6 Å². The molecule has 3 rings (SSSR count). The normalized spacial score (nSPS) is 23.6. The van der Waals surface area contributed by atoms with Gasteiger partial charge in [-0.2, -0.15) is 0 Å². The van der Waals surface area contributed by atoms with E-state index >= 15 is 0 Å². The Kier molecular flexibility index (Phi) is 4.41. The summed E-state index contributed by atoms with van der Waals surface area (Å²) in [5, 5.41) is 9.92. The highest BCUT2D eigenvalue weighted by atomic mass is 16.5. The summed E-state index contributed by atoms with van der Waals surface area (Å²) in [6.45, 7) is 5.06. The van der Waals surface area contributed by atoms with Crippen LogP contribution in [0, 0.1) is 12.8 Å². The van der Waals surface area contributed by atoms with Crippen LogP contribution in [0.1, 0.15) is 18.1 Å². The van der Waals surface area contributed by atoms with E-state index in [-0.39, 0.29) is 12.0 Å². The number of allylic oxidation sites excluding steroid dienone is 3. The van der Waals surface area contributed by atoms with E-state index in [1.807, 2.05) is 18.2 Å². The van der Waals surface area contributed by atoms with Crippen molar-refractivity contribution in [1.82, 2.24) is 4.90 Å². The third-order valence-electron chi connectivity index (χ3n) is 5.08. The summed E-state index contributed by atoms with van der Waals surface area (Å²) in [5.74, 6) is 1.39. The fraction of sp³-hybridized carbons (Fsp3) is 0.400. The van der Waals surface area contributed by atoms with Crippen LogP contribution in [0.4, 0.5) is 0 Å². The van der Waals surface area contributed by atoms with Crippen molar-refractivity contribution in [2.24, 2.45) is 5.92 Å². The molecular weight excluding hydrogens is 302 g/mol. The van der Waals surface area contributed by atoms with Gasteiger partial charge in [0.1, 0.15) is 17.6 Å². The first-order chi connectivity index (χ1) is 11.5. The molecule has 128 valence electrons. The Labute approximate surface area is 143 Å². The monoisotopic (exact) mass is 327 g/mol. The lowest BCUT2D eigenvalue weighted by Gasteiger charge is -2.41. The van der Waals surface area contributed by atoms with Crippen molar-refractivity contribution in [2.45, 2.75) is 20.0 Å². The first-order valence-electron chi connectivity index (χ1n) is 8.18. The number of hydrogen-bond donors (Lipinski definition) is 1. The standard InChI is InChI=1S/C20H25NO3/c1-12-6-7-14(22)10-16(12)19-13(2)15-8-9-18(23-4)20(24-5)17(15)11-21(19)3/h6-10,17,20,22H,11H2,1-5H3. The van der Waals surface area contributed by atoms with E-state index in [0.29, 0.717) is 5.75 Å². The van der Waals surface area contributed by atoms with Gasteiger partial charge in [0.05, 0.1) is 7.11 Å². The van der Waals surface area contributed by atoms with Gasteiger partial charge in [0.2, 0.25) is 0 Å². The lowest BCUT2D eigenvalue weighted by molar-refractivity contribution is 0.0388. The van der Waals surface area contributed by atoms with Gasteiger partial charge < -0.3 is 19.5 Å². The van der Waals surface area contributed by atoms with Crippen LogP contribution < -0.4 is 0 Å². The topological polar surface area (TPSA) is 41.9 Å². The highest BCUT2D eigenvalue weighted by Crippen LogP contribution is 2.42. The summed E-state index contributed by atoms with van der Waals surface area (Å²) >= 11 is 0. The minimum absolute atomic E-state index is 0.0702. The number of fused-ring (bicyclic) bond motifs is 1. The number of ether oxygens (including phenoxy) is 2. The van der Waals surface area contributed by atoms with Crippen molar-refractivity contribution in [3.63, 3.8) is 0 Å². The molecule has 0 saturated heterocycles. The van der Waals surface area contributed by atoms with Crippen LogP contribution in [0.3, 0.4) is 0 Å². The second kappa shape index (κ2) is 6.36. The predicted octanol–water partition coefficient (Wildman–Crippen LogP) is 3.48. The van der Waals surface area contributed by atoms with Crippen LogP contribution in [0.15, 0.2) is 47.3 Å². The molecule has 2 unspecified atom stereocenters. The van der Waals surface area contributed by atoms with Gasteiger partial charge >= 0.3 is 0 Å². The highest BCUT2D eigenvalue weighted by molar-refractivity contribution is 5.75. The molecule has 0 bridgehead atoms. The molecule has 0 aromatic heterocycles. The third kappa shape index (κ3) is 2.61. The minimum Gasteiger partial charge on any atom is -0.508 e. The molecule has 1 heterocycles. The quantitative estimate of drug-likeness (QED) is 0.923. The molecule has 1 aromatic carbocycles. The number of nitrogens with zero attached hydrogens (tertiary/aromatic N) is 1. The lowest BCUT2D eigenvalue weighted by atomic mass is 9.79.